The Bertz CT molecular complexity index is 898. The first kappa shape index (κ1) is 36.2. The molecule has 4 fully saturated rings. The lowest BCUT2D eigenvalue weighted by Crippen LogP contribution is -2.62. The number of amides is 1. The largest absolute Gasteiger partial charge is 0.393 e. The first-order valence-corrected chi connectivity index (χ1v) is 19.1. The fraction of sp³-hybridized carbons (Fsp3) is 0.974. The number of carbonyl (C=O) groups excluding carboxylic acids is 1. The number of aliphatic hydroxyl groups is 1. The topological polar surface area (TPSA) is 99.4 Å². The van der Waals surface area contributed by atoms with Crippen molar-refractivity contribution in [1.82, 2.24) is 16.0 Å². The van der Waals surface area contributed by atoms with Crippen LogP contribution in [-0.4, -0.2) is 56.4 Å². The Morgan fingerprint density at radius 2 is 1.45 bits per heavy atom. The van der Waals surface area contributed by atoms with E-state index in [1.54, 1.807) is 0 Å². The average Bonchev–Trinajstić information content (AvgIpc) is 3.33. The highest BCUT2D eigenvalue weighted by Crippen LogP contribution is 2.74. The summed E-state index contributed by atoms with van der Waals surface area (Å²) in [6, 6.07) is 0. The zero-order valence-electron chi connectivity index (χ0n) is 29.7. The number of nitrogens with one attached hydrogen (secondary N) is 3. The van der Waals surface area contributed by atoms with Crippen LogP contribution in [0.2, 0.25) is 0 Å². The van der Waals surface area contributed by atoms with Crippen molar-refractivity contribution in [3.05, 3.63) is 0 Å². The second-order valence-corrected chi connectivity index (χ2v) is 17.0. The molecule has 0 heterocycles. The van der Waals surface area contributed by atoms with Gasteiger partial charge in [0, 0.05) is 12.5 Å². The van der Waals surface area contributed by atoms with Gasteiger partial charge in [0.2, 0.25) is 5.91 Å². The molecule has 4 unspecified atom stereocenters. The molecule has 4 saturated carbocycles. The summed E-state index contributed by atoms with van der Waals surface area (Å²) in [4.78, 5) is 13.9. The number of aliphatic hydroxyl groups excluding tert-OH is 1. The monoisotopic (exact) mass is 617 g/mol. The Labute approximate surface area is 271 Å². The molecule has 256 valence electrons. The predicted molar refractivity (Wildman–Crippen MR) is 184 cm³/mol. The Morgan fingerprint density at radius 3 is 2.14 bits per heavy atom. The van der Waals surface area contributed by atoms with Crippen molar-refractivity contribution in [2.75, 3.05) is 39.3 Å². The molecule has 0 aliphatic heterocycles. The van der Waals surface area contributed by atoms with E-state index in [4.69, 9.17) is 5.73 Å². The smallest absolute Gasteiger partial charge is 0.223 e. The summed E-state index contributed by atoms with van der Waals surface area (Å²) in [6.07, 6.45) is 16.3. The van der Waals surface area contributed by atoms with Gasteiger partial charge in [-0.25, -0.2) is 0 Å². The van der Waals surface area contributed by atoms with Gasteiger partial charge in [-0.2, -0.15) is 0 Å². The minimum atomic E-state index is -0.116. The van der Waals surface area contributed by atoms with Crippen molar-refractivity contribution < 1.29 is 9.90 Å². The van der Waals surface area contributed by atoms with E-state index in [0.717, 1.165) is 83.7 Å². The lowest BCUT2D eigenvalue weighted by Gasteiger charge is -2.68. The van der Waals surface area contributed by atoms with E-state index in [1.165, 1.54) is 51.4 Å². The molecule has 0 radical (unpaired) electrons. The summed E-state index contributed by atoms with van der Waals surface area (Å²) in [7, 11) is 0. The van der Waals surface area contributed by atoms with Crippen molar-refractivity contribution >= 4 is 5.91 Å². The number of nitrogens with two attached hydrogens (primary N) is 1. The van der Waals surface area contributed by atoms with E-state index < -0.39 is 0 Å². The molecule has 44 heavy (non-hydrogen) atoms. The SMILES string of the molecule is CC(C)CCCC(C(=O)NCCCNCCCNCCCN)[C@H]1CC[C@@]2(C)C1CCC1[C@@]3(C)CC[C@@H](O)[C@@H](C)C3CC[C@@]12C. The van der Waals surface area contributed by atoms with Gasteiger partial charge in [-0.05, 0) is 162 Å². The molecule has 0 aromatic rings. The van der Waals surface area contributed by atoms with E-state index in [9.17, 15) is 9.90 Å². The van der Waals surface area contributed by atoms with E-state index in [0.29, 0.717) is 51.7 Å². The summed E-state index contributed by atoms with van der Waals surface area (Å²) in [5.41, 5.74) is 6.55. The van der Waals surface area contributed by atoms with Crippen LogP contribution in [0.5, 0.6) is 0 Å². The highest BCUT2D eigenvalue weighted by Gasteiger charge is 2.67. The standard InChI is InChI=1S/C38H72N4O2/c1-27(2)11-7-12-30(35(44)42-26-10-25-41-24-9-23-40-22-8-21-39)29-15-19-37(5)32(29)13-14-34-36(4)18-17-33(43)28(3)31(36)16-20-38(34,37)6/h27-34,40-41,43H,7-26,39H2,1-6H3,(H,42,44)/t28-,29+,30?,31?,32?,33+,34?,36-,37-,38-/m0/s1. The molecule has 0 aromatic carbocycles. The highest BCUT2D eigenvalue weighted by molar-refractivity contribution is 5.79. The van der Waals surface area contributed by atoms with Gasteiger partial charge in [0.25, 0.3) is 0 Å². The van der Waals surface area contributed by atoms with Crippen molar-refractivity contribution in [3.63, 3.8) is 0 Å². The second kappa shape index (κ2) is 15.9. The molecule has 10 atom stereocenters. The molecule has 0 aromatic heterocycles. The van der Waals surface area contributed by atoms with E-state index in [2.05, 4.69) is 57.5 Å². The van der Waals surface area contributed by atoms with Gasteiger partial charge in [0.05, 0.1) is 6.10 Å². The van der Waals surface area contributed by atoms with Crippen LogP contribution < -0.4 is 21.7 Å². The van der Waals surface area contributed by atoms with E-state index >= 15 is 0 Å². The maximum absolute atomic E-state index is 13.9. The van der Waals surface area contributed by atoms with Crippen LogP contribution in [0.15, 0.2) is 0 Å². The molecule has 0 saturated heterocycles. The quantitative estimate of drug-likeness (QED) is 0.120. The molecular formula is C38H72N4O2. The van der Waals surface area contributed by atoms with Gasteiger partial charge < -0.3 is 26.8 Å². The fourth-order valence-corrected chi connectivity index (χ4v) is 11.5. The molecule has 1 amide bonds. The van der Waals surface area contributed by atoms with Crippen molar-refractivity contribution in [1.29, 1.82) is 0 Å². The minimum absolute atomic E-state index is 0.116. The Balaban J connectivity index is 1.36. The summed E-state index contributed by atoms with van der Waals surface area (Å²) in [6.45, 7) is 20.4. The lowest BCUT2D eigenvalue weighted by atomic mass is 9.37. The summed E-state index contributed by atoms with van der Waals surface area (Å²) >= 11 is 0. The fourth-order valence-electron chi connectivity index (χ4n) is 11.5. The van der Waals surface area contributed by atoms with Crippen LogP contribution in [0.25, 0.3) is 0 Å². The molecule has 4 rings (SSSR count). The third-order valence-corrected chi connectivity index (χ3v) is 14.3. The molecule has 0 spiro atoms. The number of hydrogen-bond acceptors (Lipinski definition) is 5. The summed E-state index contributed by atoms with van der Waals surface area (Å²) < 4.78 is 0. The predicted octanol–water partition coefficient (Wildman–Crippen LogP) is 6.51. The highest BCUT2D eigenvalue weighted by atomic mass is 16.3. The van der Waals surface area contributed by atoms with E-state index in [1.807, 2.05) is 0 Å². The Morgan fingerprint density at radius 1 is 0.795 bits per heavy atom. The number of fused-ring (bicyclic) bond motifs is 5. The molecule has 4 aliphatic rings. The normalized spacial score (nSPS) is 39.0. The van der Waals surface area contributed by atoms with Gasteiger partial charge in [0.15, 0.2) is 0 Å². The van der Waals surface area contributed by atoms with Crippen LogP contribution in [0.1, 0.15) is 131 Å². The summed E-state index contributed by atoms with van der Waals surface area (Å²) in [5.74, 6) is 4.19. The number of hydrogen-bond donors (Lipinski definition) is 5. The zero-order valence-corrected chi connectivity index (χ0v) is 29.7. The van der Waals surface area contributed by atoms with Gasteiger partial charge >= 0.3 is 0 Å². The van der Waals surface area contributed by atoms with Crippen LogP contribution >= 0.6 is 0 Å². The van der Waals surface area contributed by atoms with Crippen LogP contribution in [0.4, 0.5) is 0 Å². The lowest BCUT2D eigenvalue weighted by molar-refractivity contribution is -0.203. The van der Waals surface area contributed by atoms with Gasteiger partial charge in [-0.15, -0.1) is 0 Å². The Hall–Kier alpha value is -0.690. The molecule has 6 heteroatoms. The molecule has 6 nitrogen and oxygen atoms in total. The van der Waals surface area contributed by atoms with Crippen molar-refractivity contribution in [3.8, 4) is 0 Å². The Kier molecular flexibility index (Phi) is 13.1. The third kappa shape index (κ3) is 7.55. The second-order valence-electron chi connectivity index (χ2n) is 17.0. The van der Waals surface area contributed by atoms with Crippen LogP contribution in [0.3, 0.4) is 0 Å². The number of carbonyl (C=O) groups is 1. The molecular weight excluding hydrogens is 544 g/mol. The van der Waals surface area contributed by atoms with Gasteiger partial charge in [-0.3, -0.25) is 4.79 Å². The van der Waals surface area contributed by atoms with Gasteiger partial charge in [-0.1, -0.05) is 54.4 Å². The maximum atomic E-state index is 13.9. The maximum Gasteiger partial charge on any atom is 0.223 e. The molecule has 4 aliphatic carbocycles. The minimum Gasteiger partial charge on any atom is -0.393 e. The average molecular weight is 617 g/mol. The van der Waals surface area contributed by atoms with E-state index in [-0.39, 0.29) is 12.0 Å². The van der Waals surface area contributed by atoms with Crippen molar-refractivity contribution in [2.24, 2.45) is 63.4 Å². The van der Waals surface area contributed by atoms with Crippen LogP contribution in [-0.2, 0) is 4.79 Å². The zero-order chi connectivity index (χ0) is 32.0. The van der Waals surface area contributed by atoms with Crippen molar-refractivity contribution in [2.45, 2.75) is 138 Å². The van der Waals surface area contributed by atoms with Gasteiger partial charge in [0.1, 0.15) is 0 Å². The van der Waals surface area contributed by atoms with Crippen LogP contribution in [0, 0.1) is 57.7 Å². The number of rotatable bonds is 17. The summed E-state index contributed by atoms with van der Waals surface area (Å²) in [5, 5.41) is 21.2. The third-order valence-electron chi connectivity index (χ3n) is 14.3. The molecule has 0 bridgehead atoms. The first-order chi connectivity index (χ1) is 21.0. The first-order valence-electron chi connectivity index (χ1n) is 19.1. The molecule has 6 N–H and O–H groups in total.